The summed E-state index contributed by atoms with van der Waals surface area (Å²) in [6, 6.07) is 3.72. The average Bonchev–Trinajstić information content (AvgIpc) is 2.24. The number of aryl methyl sites for hydroxylation is 1. The van der Waals surface area contributed by atoms with Gasteiger partial charge in [0.2, 0.25) is 0 Å². The van der Waals surface area contributed by atoms with Gasteiger partial charge in [0.25, 0.3) is 0 Å². The molecule has 1 aromatic rings. The summed E-state index contributed by atoms with van der Waals surface area (Å²) < 4.78 is 50.3. The molecular weight excluding hydrogens is 316 g/mol. The van der Waals surface area contributed by atoms with Gasteiger partial charge in [-0.3, -0.25) is 0 Å². The molecule has 0 bridgehead atoms. The molecule has 1 rings (SSSR count). The fourth-order valence-corrected chi connectivity index (χ4v) is 1.63. The van der Waals surface area contributed by atoms with Gasteiger partial charge in [-0.15, -0.1) is 0 Å². The number of rotatable bonds is 3. The van der Waals surface area contributed by atoms with E-state index in [1.807, 2.05) is 0 Å². The Morgan fingerprint density at radius 1 is 1.44 bits per heavy atom. The van der Waals surface area contributed by atoms with Crippen LogP contribution < -0.4 is 5.32 Å². The Balaban J connectivity index is 2.81. The predicted octanol–water partition coefficient (Wildman–Crippen LogP) is 4.01. The zero-order valence-electron chi connectivity index (χ0n) is 9.28. The van der Waals surface area contributed by atoms with Crippen LogP contribution in [0.4, 0.5) is 23.2 Å². The van der Waals surface area contributed by atoms with Gasteiger partial charge in [-0.05, 0) is 40.5 Å². The van der Waals surface area contributed by atoms with Gasteiger partial charge in [-0.2, -0.15) is 18.4 Å². The molecule has 1 unspecified atom stereocenters. The molecule has 1 aromatic carbocycles. The first kappa shape index (κ1) is 14.8. The molecule has 1 atom stereocenters. The minimum absolute atomic E-state index is 0.149. The molecule has 0 radical (unpaired) electrons. The maximum absolute atomic E-state index is 13.1. The van der Waals surface area contributed by atoms with E-state index in [4.69, 9.17) is 5.26 Å². The summed E-state index contributed by atoms with van der Waals surface area (Å²) in [4.78, 5) is 0. The quantitative estimate of drug-likeness (QED) is 0.853. The van der Waals surface area contributed by atoms with E-state index >= 15 is 0 Å². The number of nitriles is 1. The van der Waals surface area contributed by atoms with Crippen LogP contribution in [0.1, 0.15) is 5.56 Å². The highest BCUT2D eigenvalue weighted by atomic mass is 79.9. The van der Waals surface area contributed by atoms with E-state index < -0.39 is 24.5 Å². The van der Waals surface area contributed by atoms with E-state index in [2.05, 4.69) is 21.2 Å². The zero-order valence-corrected chi connectivity index (χ0v) is 10.9. The van der Waals surface area contributed by atoms with Crippen molar-refractivity contribution in [1.82, 2.24) is 0 Å². The highest BCUT2D eigenvalue weighted by Gasteiger charge is 2.39. The lowest BCUT2D eigenvalue weighted by Crippen LogP contribution is -2.28. The minimum Gasteiger partial charge on any atom is -0.383 e. The first-order valence-corrected chi connectivity index (χ1v) is 5.71. The molecule has 0 saturated carbocycles. The van der Waals surface area contributed by atoms with Crippen molar-refractivity contribution in [1.29, 1.82) is 5.26 Å². The number of anilines is 1. The van der Waals surface area contributed by atoms with Gasteiger partial charge >= 0.3 is 6.18 Å². The molecule has 0 aliphatic heterocycles. The lowest BCUT2D eigenvalue weighted by Gasteiger charge is -2.16. The van der Waals surface area contributed by atoms with E-state index in [0.717, 1.165) is 0 Å². The van der Waals surface area contributed by atoms with Crippen molar-refractivity contribution in [2.75, 3.05) is 11.9 Å². The third-order valence-electron chi connectivity index (χ3n) is 2.31. The van der Waals surface area contributed by atoms with Crippen molar-refractivity contribution < 1.29 is 17.6 Å². The summed E-state index contributed by atoms with van der Waals surface area (Å²) in [5.41, 5.74) is 0.822. The Labute approximate surface area is 110 Å². The summed E-state index contributed by atoms with van der Waals surface area (Å²) in [6.45, 7) is 0.992. The monoisotopic (exact) mass is 324 g/mol. The zero-order chi connectivity index (χ0) is 13.9. The molecular formula is C11H9BrF4N2. The Morgan fingerprint density at radius 2 is 2.06 bits per heavy atom. The lowest BCUT2D eigenvalue weighted by molar-refractivity contribution is -0.155. The number of halogens is 5. The Kier molecular flexibility index (Phi) is 4.57. The molecule has 7 heteroatoms. The predicted molar refractivity (Wildman–Crippen MR) is 62.5 cm³/mol. The molecule has 98 valence electrons. The molecule has 1 N–H and O–H groups in total. The van der Waals surface area contributed by atoms with Crippen LogP contribution >= 0.6 is 15.9 Å². The SMILES string of the molecule is Cc1cc(F)c(Br)cc1NCC(C#N)C(F)(F)F. The third kappa shape index (κ3) is 3.60. The second-order valence-corrected chi connectivity index (χ2v) is 4.54. The van der Waals surface area contributed by atoms with Gasteiger partial charge in [-0.1, -0.05) is 0 Å². The van der Waals surface area contributed by atoms with Crippen LogP contribution in [0, 0.1) is 30.0 Å². The number of hydrogen-bond donors (Lipinski definition) is 1. The smallest absolute Gasteiger partial charge is 0.383 e. The van der Waals surface area contributed by atoms with E-state index in [9.17, 15) is 17.6 Å². The van der Waals surface area contributed by atoms with Gasteiger partial charge in [-0.25, -0.2) is 4.39 Å². The van der Waals surface area contributed by atoms with Gasteiger partial charge in [0, 0.05) is 12.2 Å². The Hall–Kier alpha value is -1.29. The molecule has 0 aliphatic rings. The first-order valence-electron chi connectivity index (χ1n) is 4.91. The van der Waals surface area contributed by atoms with Gasteiger partial charge < -0.3 is 5.32 Å². The normalized spacial score (nSPS) is 12.9. The molecule has 0 saturated heterocycles. The lowest BCUT2D eigenvalue weighted by atomic mass is 10.1. The van der Waals surface area contributed by atoms with Crippen LogP contribution in [-0.4, -0.2) is 12.7 Å². The number of nitrogens with zero attached hydrogens (tertiary/aromatic N) is 1. The molecule has 0 amide bonds. The number of hydrogen-bond acceptors (Lipinski definition) is 2. The molecule has 0 fully saturated rings. The first-order chi connectivity index (χ1) is 8.25. The molecule has 18 heavy (non-hydrogen) atoms. The molecule has 0 spiro atoms. The maximum atomic E-state index is 13.1. The number of nitrogens with one attached hydrogen (secondary N) is 1. The van der Waals surface area contributed by atoms with Crippen LogP contribution in [-0.2, 0) is 0 Å². The van der Waals surface area contributed by atoms with Crippen molar-refractivity contribution in [3.63, 3.8) is 0 Å². The Bertz CT molecular complexity index is 479. The molecule has 0 aromatic heterocycles. The highest BCUT2D eigenvalue weighted by Crippen LogP contribution is 2.28. The van der Waals surface area contributed by atoms with Crippen molar-refractivity contribution >= 4 is 21.6 Å². The number of benzene rings is 1. The summed E-state index contributed by atoms with van der Waals surface area (Å²) >= 11 is 2.94. The van der Waals surface area contributed by atoms with Crippen molar-refractivity contribution in [3.05, 3.63) is 28.0 Å². The second-order valence-electron chi connectivity index (χ2n) is 3.69. The van der Waals surface area contributed by atoms with E-state index in [1.54, 1.807) is 6.92 Å². The maximum Gasteiger partial charge on any atom is 0.406 e. The van der Waals surface area contributed by atoms with E-state index in [0.29, 0.717) is 11.3 Å². The second kappa shape index (κ2) is 5.57. The Morgan fingerprint density at radius 3 is 2.56 bits per heavy atom. The van der Waals surface area contributed by atoms with Crippen molar-refractivity contribution in [2.45, 2.75) is 13.1 Å². The van der Waals surface area contributed by atoms with Crippen molar-refractivity contribution in [3.8, 4) is 6.07 Å². The topological polar surface area (TPSA) is 35.8 Å². The van der Waals surface area contributed by atoms with E-state index in [1.165, 1.54) is 18.2 Å². The molecule has 0 heterocycles. The summed E-state index contributed by atoms with van der Waals surface area (Å²) in [6.07, 6.45) is -4.58. The van der Waals surface area contributed by atoms with Crippen LogP contribution in [0.25, 0.3) is 0 Å². The van der Waals surface area contributed by atoms with Crippen LogP contribution in [0.5, 0.6) is 0 Å². The minimum atomic E-state index is -4.58. The highest BCUT2D eigenvalue weighted by molar-refractivity contribution is 9.10. The summed E-state index contributed by atoms with van der Waals surface area (Å²) in [5, 5.41) is 10.9. The molecule has 2 nitrogen and oxygen atoms in total. The van der Waals surface area contributed by atoms with Crippen LogP contribution in [0.15, 0.2) is 16.6 Å². The van der Waals surface area contributed by atoms with Gasteiger partial charge in [0.1, 0.15) is 5.82 Å². The fraction of sp³-hybridized carbons (Fsp3) is 0.364. The number of alkyl halides is 3. The largest absolute Gasteiger partial charge is 0.406 e. The molecule has 0 aliphatic carbocycles. The third-order valence-corrected chi connectivity index (χ3v) is 2.92. The van der Waals surface area contributed by atoms with Crippen LogP contribution in [0.2, 0.25) is 0 Å². The standard InChI is InChI=1S/C11H9BrF4N2/c1-6-2-9(13)8(12)3-10(6)18-5-7(4-17)11(14,15)16/h2-3,7,18H,5H2,1H3. The fourth-order valence-electron chi connectivity index (χ4n) is 1.28. The summed E-state index contributed by atoms with van der Waals surface area (Å²) in [7, 11) is 0. The van der Waals surface area contributed by atoms with E-state index in [-0.39, 0.29) is 4.47 Å². The van der Waals surface area contributed by atoms with Gasteiger partial charge in [0.15, 0.2) is 5.92 Å². The van der Waals surface area contributed by atoms with Gasteiger partial charge in [0.05, 0.1) is 10.5 Å². The average molecular weight is 325 g/mol. The summed E-state index contributed by atoms with van der Waals surface area (Å²) in [5.74, 6) is -2.59. The van der Waals surface area contributed by atoms with Crippen LogP contribution in [0.3, 0.4) is 0 Å². The van der Waals surface area contributed by atoms with Crippen molar-refractivity contribution in [2.24, 2.45) is 5.92 Å².